The van der Waals surface area contributed by atoms with Gasteiger partial charge in [0.15, 0.2) is 5.89 Å². The minimum absolute atomic E-state index is 0.0126. The molecule has 0 radical (unpaired) electrons. The second-order valence-corrected chi connectivity index (χ2v) is 11.3. The van der Waals surface area contributed by atoms with Crippen LogP contribution in [0.5, 0.6) is 0 Å². The number of ether oxygens (including phenoxy) is 1. The molecule has 1 aliphatic carbocycles. The summed E-state index contributed by atoms with van der Waals surface area (Å²) in [6, 6.07) is 0. The lowest BCUT2D eigenvalue weighted by Gasteiger charge is -2.34. The van der Waals surface area contributed by atoms with Crippen LogP contribution in [0, 0.1) is 36.0 Å². The summed E-state index contributed by atoms with van der Waals surface area (Å²) in [5.41, 5.74) is 1.48. The molecule has 7 atom stereocenters. The molecular weight excluding hydrogens is 446 g/mol. The van der Waals surface area contributed by atoms with Gasteiger partial charge in [0, 0.05) is 19.3 Å². The number of carbonyl (C=O) groups is 2. The fourth-order valence-corrected chi connectivity index (χ4v) is 5.29. The predicted molar refractivity (Wildman–Crippen MR) is 133 cm³/mol. The number of aromatic nitrogens is 1. The number of esters is 1. The molecule has 194 valence electrons. The van der Waals surface area contributed by atoms with Crippen LogP contribution in [0.25, 0.3) is 6.08 Å². The van der Waals surface area contributed by atoms with Gasteiger partial charge in [0.05, 0.1) is 24.0 Å². The third-order valence-electron chi connectivity index (χ3n) is 8.00. The highest BCUT2D eigenvalue weighted by atomic mass is 16.5. The number of rotatable bonds is 2. The van der Waals surface area contributed by atoms with Crippen LogP contribution >= 0.6 is 0 Å². The molecule has 0 amide bonds. The monoisotopic (exact) mass is 487 g/mol. The highest BCUT2D eigenvalue weighted by Gasteiger charge is 2.47. The predicted octanol–water partition coefficient (Wildman–Crippen LogP) is 4.65. The van der Waals surface area contributed by atoms with Gasteiger partial charge in [-0.1, -0.05) is 39.3 Å². The molecule has 0 bridgehead atoms. The first-order valence-electron chi connectivity index (χ1n) is 12.7. The molecule has 35 heavy (non-hydrogen) atoms. The smallest absolute Gasteiger partial charge is 0.309 e. The van der Waals surface area contributed by atoms with Crippen LogP contribution in [0.15, 0.2) is 27.9 Å². The van der Waals surface area contributed by atoms with E-state index in [2.05, 4.69) is 18.0 Å². The molecule has 1 aromatic rings. The van der Waals surface area contributed by atoms with Crippen molar-refractivity contribution in [2.24, 2.45) is 29.1 Å². The number of cyclic esters (lactones) is 1. The minimum Gasteiger partial charge on any atom is -0.457 e. The van der Waals surface area contributed by atoms with Crippen LogP contribution in [0.1, 0.15) is 78.8 Å². The van der Waals surface area contributed by atoms with Crippen molar-refractivity contribution in [1.29, 1.82) is 0 Å². The van der Waals surface area contributed by atoms with Gasteiger partial charge in [0.1, 0.15) is 23.8 Å². The average molecular weight is 488 g/mol. The lowest BCUT2D eigenvalue weighted by atomic mass is 9.72. The van der Waals surface area contributed by atoms with Gasteiger partial charge in [-0.15, -0.1) is 0 Å². The summed E-state index contributed by atoms with van der Waals surface area (Å²) in [6.45, 7) is 12.7. The zero-order valence-electron chi connectivity index (χ0n) is 22.1. The van der Waals surface area contributed by atoms with Crippen molar-refractivity contribution in [3.63, 3.8) is 0 Å². The lowest BCUT2D eigenvalue weighted by molar-refractivity contribution is -0.154. The molecule has 2 heterocycles. The number of ketones is 1. The van der Waals surface area contributed by atoms with Crippen molar-refractivity contribution in [1.82, 2.24) is 4.98 Å². The number of allylic oxidation sites excluding steroid dienone is 1. The molecule has 2 aliphatic rings. The number of nitrogens with zero attached hydrogens (tertiary/aromatic N) is 1. The molecular formula is C28H41NO6. The second kappa shape index (κ2) is 10.8. The van der Waals surface area contributed by atoms with Gasteiger partial charge in [-0.25, -0.2) is 4.98 Å². The van der Waals surface area contributed by atoms with E-state index in [0.717, 1.165) is 18.4 Å². The summed E-state index contributed by atoms with van der Waals surface area (Å²) >= 11 is 0. The average Bonchev–Trinajstić information content (AvgIpc) is 3.43. The summed E-state index contributed by atoms with van der Waals surface area (Å²) in [5.74, 6) is -0.0734. The van der Waals surface area contributed by atoms with Crippen molar-refractivity contribution >= 4 is 17.8 Å². The first-order valence-corrected chi connectivity index (χ1v) is 12.7. The van der Waals surface area contributed by atoms with Crippen molar-refractivity contribution in [2.75, 3.05) is 0 Å². The highest BCUT2D eigenvalue weighted by Crippen LogP contribution is 2.50. The minimum atomic E-state index is -1.23. The Kier molecular flexibility index (Phi) is 8.43. The number of hydrogen-bond acceptors (Lipinski definition) is 7. The molecule has 7 heteroatoms. The Bertz CT molecular complexity index is 989. The molecule has 2 unspecified atom stereocenters. The maximum absolute atomic E-state index is 13.3. The van der Waals surface area contributed by atoms with E-state index in [4.69, 9.17) is 9.15 Å². The number of Topliss-reactive ketones (excluding diaryl/α,β-unsaturated/α-hetero) is 1. The number of aryl methyl sites for hydroxylation is 1. The molecule has 1 fully saturated rings. The van der Waals surface area contributed by atoms with Crippen LogP contribution in [-0.2, 0) is 14.3 Å². The van der Waals surface area contributed by atoms with Gasteiger partial charge >= 0.3 is 5.97 Å². The molecule has 1 aromatic heterocycles. The first-order chi connectivity index (χ1) is 16.3. The maximum Gasteiger partial charge on any atom is 0.309 e. The molecule has 1 saturated carbocycles. The van der Waals surface area contributed by atoms with E-state index in [1.165, 1.54) is 5.57 Å². The van der Waals surface area contributed by atoms with Gasteiger partial charge in [-0.3, -0.25) is 9.59 Å². The van der Waals surface area contributed by atoms with E-state index in [1.807, 2.05) is 19.9 Å². The quantitative estimate of drug-likeness (QED) is 0.461. The van der Waals surface area contributed by atoms with Crippen LogP contribution in [0.3, 0.4) is 0 Å². The number of hydrogen-bond donors (Lipinski definition) is 2. The number of aliphatic hydroxyl groups excluding tert-OH is 2. The normalized spacial score (nSPS) is 35.2. The van der Waals surface area contributed by atoms with E-state index < -0.39 is 35.6 Å². The van der Waals surface area contributed by atoms with Gasteiger partial charge in [0.2, 0.25) is 0 Å². The van der Waals surface area contributed by atoms with Crippen molar-refractivity contribution in [2.45, 2.75) is 92.5 Å². The Morgan fingerprint density at radius 3 is 2.49 bits per heavy atom. The van der Waals surface area contributed by atoms with Crippen LogP contribution < -0.4 is 0 Å². The Labute approximate surface area is 208 Å². The van der Waals surface area contributed by atoms with Crippen LogP contribution in [-0.4, -0.2) is 45.3 Å². The molecule has 1 aliphatic heterocycles. The molecule has 0 spiro atoms. The first kappa shape index (κ1) is 27.3. The van der Waals surface area contributed by atoms with Crippen molar-refractivity contribution in [3.05, 3.63) is 35.1 Å². The fraction of sp³-hybridized carbons (Fsp3) is 0.679. The summed E-state index contributed by atoms with van der Waals surface area (Å²) in [7, 11) is 0. The van der Waals surface area contributed by atoms with Crippen LogP contribution in [0.4, 0.5) is 0 Å². The van der Waals surface area contributed by atoms with Crippen LogP contribution in [0.2, 0.25) is 0 Å². The largest absolute Gasteiger partial charge is 0.457 e. The van der Waals surface area contributed by atoms with E-state index in [1.54, 1.807) is 34.0 Å². The fourth-order valence-electron chi connectivity index (χ4n) is 5.29. The highest BCUT2D eigenvalue weighted by molar-refractivity contribution is 5.88. The zero-order valence-corrected chi connectivity index (χ0v) is 22.1. The van der Waals surface area contributed by atoms with E-state index in [-0.39, 0.29) is 18.1 Å². The van der Waals surface area contributed by atoms with Gasteiger partial charge < -0.3 is 19.4 Å². The topological polar surface area (TPSA) is 110 Å². The third-order valence-corrected chi connectivity index (χ3v) is 8.00. The molecule has 0 saturated heterocycles. The standard InChI is InChI=1S/C28H41NO6/c1-15-8-9-23(16(2)11-21-14-34-19(5)29-21)35-25(31)13-24(30)28(6,7)27(33)18(4)26(32)17(3)22-12-20(22)10-15/h8,11,14,17-18,20,22-24,26,30,32H,9-10,12-13H2,1-7H3/t17-,18+,20?,22?,23-,24-,26-/m0/s1. The molecule has 2 N–H and O–H groups in total. The van der Waals surface area contributed by atoms with E-state index in [0.29, 0.717) is 29.8 Å². The Morgan fingerprint density at radius 2 is 1.86 bits per heavy atom. The van der Waals surface area contributed by atoms with Crippen molar-refractivity contribution < 1.29 is 29.0 Å². The number of fused-ring (bicyclic) bond motifs is 1. The molecule has 3 rings (SSSR count). The van der Waals surface area contributed by atoms with Gasteiger partial charge in [0.25, 0.3) is 0 Å². The Hall–Kier alpha value is -2.25. The molecule has 0 aromatic carbocycles. The summed E-state index contributed by atoms with van der Waals surface area (Å²) in [5, 5.41) is 21.8. The SMILES string of the molecule is CC1=CC[C@@H](C(C)=Cc2coc(C)n2)OC(=O)C[C@H](O)C(C)(C)C(=O)[C@H](C)[C@@H](O)[C@@H](C)C2CC2C1. The Balaban J connectivity index is 1.89. The molecule has 7 nitrogen and oxygen atoms in total. The summed E-state index contributed by atoms with van der Waals surface area (Å²) < 4.78 is 11.1. The van der Waals surface area contributed by atoms with Gasteiger partial charge in [-0.2, -0.15) is 0 Å². The van der Waals surface area contributed by atoms with Gasteiger partial charge in [-0.05, 0) is 56.1 Å². The number of aliphatic hydroxyl groups is 2. The van der Waals surface area contributed by atoms with E-state index >= 15 is 0 Å². The number of carbonyl (C=O) groups excluding carboxylic acids is 2. The number of oxazole rings is 1. The van der Waals surface area contributed by atoms with Crippen molar-refractivity contribution in [3.8, 4) is 0 Å². The lowest BCUT2D eigenvalue weighted by Crippen LogP contribution is -2.46. The Morgan fingerprint density at radius 1 is 1.17 bits per heavy atom. The second-order valence-electron chi connectivity index (χ2n) is 11.3. The summed E-state index contributed by atoms with van der Waals surface area (Å²) in [6.07, 6.45) is 5.10. The maximum atomic E-state index is 13.3. The summed E-state index contributed by atoms with van der Waals surface area (Å²) in [4.78, 5) is 30.4. The third kappa shape index (κ3) is 6.50. The van der Waals surface area contributed by atoms with E-state index in [9.17, 15) is 19.8 Å². The zero-order chi connectivity index (χ0) is 26.1.